The molecule has 70 valence electrons. The molecule has 3 nitrogen and oxygen atoms in total. The van der Waals surface area contributed by atoms with Gasteiger partial charge in [0.15, 0.2) is 0 Å². The van der Waals surface area contributed by atoms with Crippen molar-refractivity contribution in [1.29, 1.82) is 5.26 Å². The largest absolute Gasteiger partial charge is 0.281 e. The minimum absolute atomic E-state index is 0.733. The van der Waals surface area contributed by atoms with Gasteiger partial charge in [-0.2, -0.15) is 10.4 Å². The summed E-state index contributed by atoms with van der Waals surface area (Å²) in [5.74, 6) is 0. The van der Waals surface area contributed by atoms with Crippen molar-refractivity contribution in [1.82, 2.24) is 10.2 Å². The molecule has 13 heavy (non-hydrogen) atoms. The molecular weight excluding hydrogens is 162 g/mol. The van der Waals surface area contributed by atoms with Crippen LogP contribution in [0.5, 0.6) is 0 Å². The average molecular weight is 177 g/mol. The minimum atomic E-state index is 0.733. The van der Waals surface area contributed by atoms with E-state index in [9.17, 15) is 0 Å². The number of unbranched alkanes of at least 4 members (excludes halogenated alkanes) is 2. The van der Waals surface area contributed by atoms with Gasteiger partial charge in [0.1, 0.15) is 6.07 Å². The van der Waals surface area contributed by atoms with E-state index in [1.807, 2.05) is 6.92 Å². The first kappa shape index (κ1) is 9.79. The summed E-state index contributed by atoms with van der Waals surface area (Å²) in [5.41, 5.74) is 2.54. The highest BCUT2D eigenvalue weighted by atomic mass is 15.1. The van der Waals surface area contributed by atoms with Crippen molar-refractivity contribution in [3.05, 3.63) is 17.0 Å². The van der Waals surface area contributed by atoms with Gasteiger partial charge in [0, 0.05) is 0 Å². The normalized spacial score (nSPS) is 9.92. The molecule has 1 N–H and O–H groups in total. The molecule has 1 heterocycles. The highest BCUT2D eigenvalue weighted by molar-refractivity contribution is 5.36. The SMILES string of the molecule is CCCCCc1n[nH]c(C)c1C#N. The van der Waals surface area contributed by atoms with Gasteiger partial charge in [-0.15, -0.1) is 0 Å². The zero-order valence-electron chi connectivity index (χ0n) is 8.22. The van der Waals surface area contributed by atoms with Gasteiger partial charge < -0.3 is 0 Å². The second kappa shape index (κ2) is 4.66. The number of H-pyrrole nitrogens is 1. The summed E-state index contributed by atoms with van der Waals surface area (Å²) in [7, 11) is 0. The van der Waals surface area contributed by atoms with Gasteiger partial charge in [-0.1, -0.05) is 19.8 Å². The number of nitriles is 1. The third kappa shape index (κ3) is 2.32. The van der Waals surface area contributed by atoms with Crippen molar-refractivity contribution in [2.75, 3.05) is 0 Å². The summed E-state index contributed by atoms with van der Waals surface area (Å²) in [6.45, 7) is 4.05. The molecule has 0 aliphatic heterocycles. The molecule has 0 fully saturated rings. The Kier molecular flexibility index (Phi) is 3.51. The van der Waals surface area contributed by atoms with Gasteiger partial charge in [0.2, 0.25) is 0 Å². The molecule has 0 spiro atoms. The number of aromatic nitrogens is 2. The van der Waals surface area contributed by atoms with Crippen LogP contribution in [0.1, 0.15) is 43.1 Å². The standard InChI is InChI=1S/C10H15N3/c1-3-4-5-6-10-9(7-11)8(2)12-13-10/h3-6H2,1-2H3,(H,12,13). The lowest BCUT2D eigenvalue weighted by molar-refractivity contribution is 0.704. The molecule has 0 aliphatic rings. The monoisotopic (exact) mass is 177 g/mol. The van der Waals surface area contributed by atoms with Crippen molar-refractivity contribution in [3.8, 4) is 6.07 Å². The Morgan fingerprint density at radius 2 is 2.23 bits per heavy atom. The van der Waals surface area contributed by atoms with Gasteiger partial charge >= 0.3 is 0 Å². The van der Waals surface area contributed by atoms with Gasteiger partial charge in [0.25, 0.3) is 0 Å². The lowest BCUT2D eigenvalue weighted by atomic mass is 10.1. The third-order valence-electron chi connectivity index (χ3n) is 2.15. The molecular formula is C10H15N3. The Balaban J connectivity index is 2.62. The number of hydrogen-bond acceptors (Lipinski definition) is 2. The molecule has 0 bridgehead atoms. The van der Waals surface area contributed by atoms with E-state index in [4.69, 9.17) is 5.26 Å². The molecule has 0 atom stereocenters. The van der Waals surface area contributed by atoms with Gasteiger partial charge in [0.05, 0.1) is 17.0 Å². The van der Waals surface area contributed by atoms with E-state index in [0.717, 1.165) is 29.8 Å². The van der Waals surface area contributed by atoms with Crippen LogP contribution in [-0.2, 0) is 6.42 Å². The maximum atomic E-state index is 8.83. The summed E-state index contributed by atoms with van der Waals surface area (Å²) in [4.78, 5) is 0. The van der Waals surface area contributed by atoms with E-state index >= 15 is 0 Å². The zero-order chi connectivity index (χ0) is 9.68. The van der Waals surface area contributed by atoms with Crippen molar-refractivity contribution in [3.63, 3.8) is 0 Å². The predicted molar refractivity (Wildman–Crippen MR) is 51.3 cm³/mol. The van der Waals surface area contributed by atoms with E-state index < -0.39 is 0 Å². The van der Waals surface area contributed by atoms with Gasteiger partial charge in [-0.3, -0.25) is 5.10 Å². The first-order chi connectivity index (χ1) is 6.29. The van der Waals surface area contributed by atoms with Crippen LogP contribution in [0.25, 0.3) is 0 Å². The van der Waals surface area contributed by atoms with E-state index in [0.29, 0.717) is 0 Å². The molecule has 0 saturated heterocycles. The highest BCUT2D eigenvalue weighted by Crippen LogP contribution is 2.11. The zero-order valence-corrected chi connectivity index (χ0v) is 8.22. The number of rotatable bonds is 4. The predicted octanol–water partition coefficient (Wildman–Crippen LogP) is 2.32. The van der Waals surface area contributed by atoms with Crippen LogP contribution in [-0.4, -0.2) is 10.2 Å². The quantitative estimate of drug-likeness (QED) is 0.717. The fourth-order valence-corrected chi connectivity index (χ4v) is 1.35. The molecule has 3 heteroatoms. The molecule has 1 aromatic rings. The maximum absolute atomic E-state index is 8.83. The molecule has 0 aromatic carbocycles. The third-order valence-corrected chi connectivity index (χ3v) is 2.15. The Morgan fingerprint density at radius 1 is 1.46 bits per heavy atom. The van der Waals surface area contributed by atoms with Crippen LogP contribution >= 0.6 is 0 Å². The lowest BCUT2D eigenvalue weighted by Gasteiger charge is -1.95. The fraction of sp³-hybridized carbons (Fsp3) is 0.600. The van der Waals surface area contributed by atoms with Crippen molar-refractivity contribution >= 4 is 0 Å². The Bertz CT molecular complexity index is 306. The smallest absolute Gasteiger partial charge is 0.103 e. The molecule has 1 aromatic heterocycles. The first-order valence-electron chi connectivity index (χ1n) is 4.73. The van der Waals surface area contributed by atoms with Crippen LogP contribution in [0.4, 0.5) is 0 Å². The lowest BCUT2D eigenvalue weighted by Crippen LogP contribution is -1.89. The first-order valence-corrected chi connectivity index (χ1v) is 4.73. The number of nitrogens with one attached hydrogen (secondary N) is 1. The second-order valence-corrected chi connectivity index (χ2v) is 3.24. The summed E-state index contributed by atoms with van der Waals surface area (Å²) >= 11 is 0. The van der Waals surface area contributed by atoms with E-state index in [2.05, 4.69) is 23.2 Å². The van der Waals surface area contributed by atoms with Crippen LogP contribution in [0, 0.1) is 18.3 Å². The maximum Gasteiger partial charge on any atom is 0.103 e. The molecule has 0 amide bonds. The van der Waals surface area contributed by atoms with Crippen LogP contribution in [0.15, 0.2) is 0 Å². The summed E-state index contributed by atoms with van der Waals surface area (Å²) in [6, 6.07) is 2.18. The minimum Gasteiger partial charge on any atom is -0.281 e. The van der Waals surface area contributed by atoms with Crippen LogP contribution in [0.2, 0.25) is 0 Å². The second-order valence-electron chi connectivity index (χ2n) is 3.24. The van der Waals surface area contributed by atoms with Crippen molar-refractivity contribution in [2.24, 2.45) is 0 Å². The highest BCUT2D eigenvalue weighted by Gasteiger charge is 2.08. The van der Waals surface area contributed by atoms with Gasteiger partial charge in [-0.25, -0.2) is 0 Å². The molecule has 0 aliphatic carbocycles. The Morgan fingerprint density at radius 3 is 2.85 bits per heavy atom. The molecule has 0 saturated carbocycles. The van der Waals surface area contributed by atoms with Crippen molar-refractivity contribution in [2.45, 2.75) is 39.5 Å². The molecule has 0 radical (unpaired) electrons. The van der Waals surface area contributed by atoms with Crippen LogP contribution in [0.3, 0.4) is 0 Å². The summed E-state index contributed by atoms with van der Waals surface area (Å²) in [5, 5.41) is 15.8. The number of aryl methyl sites for hydroxylation is 2. The Hall–Kier alpha value is -1.30. The Labute approximate surface area is 78.8 Å². The summed E-state index contributed by atoms with van der Waals surface area (Å²) in [6.07, 6.45) is 4.44. The molecule has 0 unspecified atom stereocenters. The number of nitrogens with zero attached hydrogens (tertiary/aromatic N) is 2. The number of hydrogen-bond donors (Lipinski definition) is 1. The molecule has 1 rings (SSSR count). The summed E-state index contributed by atoms with van der Waals surface area (Å²) < 4.78 is 0. The van der Waals surface area contributed by atoms with Crippen LogP contribution < -0.4 is 0 Å². The van der Waals surface area contributed by atoms with E-state index in [1.165, 1.54) is 12.8 Å². The van der Waals surface area contributed by atoms with Crippen molar-refractivity contribution < 1.29 is 0 Å². The van der Waals surface area contributed by atoms with E-state index in [1.54, 1.807) is 0 Å². The average Bonchev–Trinajstić information content (AvgIpc) is 2.47. The topological polar surface area (TPSA) is 52.5 Å². The van der Waals surface area contributed by atoms with Gasteiger partial charge in [-0.05, 0) is 19.8 Å². The van der Waals surface area contributed by atoms with E-state index in [-0.39, 0.29) is 0 Å². The number of aromatic amines is 1. The fourth-order valence-electron chi connectivity index (χ4n) is 1.35.